The Hall–Kier alpha value is -3.98. The van der Waals surface area contributed by atoms with Crippen molar-refractivity contribution in [2.75, 3.05) is 36.5 Å². The van der Waals surface area contributed by atoms with Crippen LogP contribution in [0.15, 0.2) is 48.9 Å². The number of fused-ring (bicyclic) bond motifs is 5. The third kappa shape index (κ3) is 3.94. The van der Waals surface area contributed by atoms with Crippen molar-refractivity contribution in [2.45, 2.75) is 19.9 Å². The molecule has 9 nitrogen and oxygen atoms in total. The van der Waals surface area contributed by atoms with E-state index in [9.17, 15) is 0 Å². The Morgan fingerprint density at radius 1 is 1.12 bits per heavy atom. The molecule has 2 aliphatic heterocycles. The molecule has 172 valence electrons. The number of nitrogens with zero attached hydrogens (tertiary/aromatic N) is 5. The van der Waals surface area contributed by atoms with Gasteiger partial charge in [-0.05, 0) is 49.7 Å². The molecule has 0 spiro atoms. The lowest BCUT2D eigenvalue weighted by Crippen LogP contribution is -2.51. The molecule has 0 aliphatic carbocycles. The summed E-state index contributed by atoms with van der Waals surface area (Å²) < 4.78 is 12.0. The number of aromatic nitrogens is 4. The number of piperazine rings is 1. The zero-order valence-electron chi connectivity index (χ0n) is 19.1. The number of rotatable bonds is 4. The van der Waals surface area contributed by atoms with E-state index in [0.29, 0.717) is 29.7 Å². The second-order valence-corrected chi connectivity index (χ2v) is 8.65. The van der Waals surface area contributed by atoms with Crippen LogP contribution in [0.25, 0.3) is 11.0 Å². The van der Waals surface area contributed by atoms with Crippen LogP contribution in [0.1, 0.15) is 11.3 Å². The van der Waals surface area contributed by atoms with E-state index in [2.05, 4.69) is 30.5 Å². The molecule has 4 aromatic rings. The molecule has 1 saturated heterocycles. The number of aryl methyl sites for hydroxylation is 2. The van der Waals surface area contributed by atoms with Crippen LogP contribution < -0.4 is 25.0 Å². The predicted molar refractivity (Wildman–Crippen MR) is 130 cm³/mol. The fourth-order valence-corrected chi connectivity index (χ4v) is 4.32. The number of ether oxygens (including phenoxy) is 2. The second kappa shape index (κ2) is 8.42. The number of hydrogen-bond acceptors (Lipinski definition) is 9. The van der Waals surface area contributed by atoms with Crippen molar-refractivity contribution in [3.05, 3.63) is 60.2 Å². The summed E-state index contributed by atoms with van der Waals surface area (Å²) in [6.07, 6.45) is 3.28. The van der Waals surface area contributed by atoms with Crippen LogP contribution >= 0.6 is 0 Å². The van der Waals surface area contributed by atoms with Gasteiger partial charge in [0.05, 0.1) is 17.8 Å². The Bertz CT molecular complexity index is 1360. The van der Waals surface area contributed by atoms with Gasteiger partial charge < -0.3 is 25.0 Å². The Balaban J connectivity index is 1.30. The molecule has 6 rings (SSSR count). The number of hydrogen-bond donors (Lipinski definition) is 2. The minimum Gasteiger partial charge on any atom is -0.488 e. The fraction of sp³-hybridized carbons (Fsp3) is 0.280. The third-order valence-electron chi connectivity index (χ3n) is 6.10. The summed E-state index contributed by atoms with van der Waals surface area (Å²) in [5, 5.41) is 6.90. The van der Waals surface area contributed by atoms with Gasteiger partial charge in [0.1, 0.15) is 29.9 Å². The van der Waals surface area contributed by atoms with Gasteiger partial charge in [0.25, 0.3) is 0 Å². The topological polar surface area (TPSA) is 97.3 Å². The van der Waals surface area contributed by atoms with Crippen molar-refractivity contribution in [3.8, 4) is 17.2 Å². The SMILES string of the molecule is Cc1ccc(Oc2ccc(Nc3ncnc4cc5c(nc34)N3CCNC(CO5)C3)cc2C)cn1. The Kier molecular flexibility index (Phi) is 5.10. The van der Waals surface area contributed by atoms with E-state index >= 15 is 0 Å². The van der Waals surface area contributed by atoms with Crippen molar-refractivity contribution in [2.24, 2.45) is 0 Å². The van der Waals surface area contributed by atoms with Gasteiger partial charge in [-0.25, -0.2) is 15.0 Å². The summed E-state index contributed by atoms with van der Waals surface area (Å²) in [6, 6.07) is 12.0. The normalized spacial score (nSPS) is 17.0. The number of anilines is 3. The Labute approximate surface area is 197 Å². The summed E-state index contributed by atoms with van der Waals surface area (Å²) in [4.78, 5) is 20.4. The lowest BCUT2D eigenvalue weighted by atomic mass is 10.2. The maximum Gasteiger partial charge on any atom is 0.172 e. The van der Waals surface area contributed by atoms with E-state index in [-0.39, 0.29) is 0 Å². The van der Waals surface area contributed by atoms with Crippen molar-refractivity contribution in [1.29, 1.82) is 0 Å². The van der Waals surface area contributed by atoms with E-state index in [0.717, 1.165) is 59.4 Å². The van der Waals surface area contributed by atoms with E-state index in [4.69, 9.17) is 14.5 Å². The summed E-state index contributed by atoms with van der Waals surface area (Å²) >= 11 is 0. The van der Waals surface area contributed by atoms with E-state index in [1.165, 1.54) is 0 Å². The van der Waals surface area contributed by atoms with Gasteiger partial charge in [0, 0.05) is 37.1 Å². The zero-order valence-corrected chi connectivity index (χ0v) is 19.1. The van der Waals surface area contributed by atoms with Gasteiger partial charge in [-0.15, -0.1) is 0 Å². The van der Waals surface area contributed by atoms with Crippen molar-refractivity contribution >= 4 is 28.4 Å². The average molecular weight is 456 g/mol. The Morgan fingerprint density at radius 2 is 2.06 bits per heavy atom. The minimum absolute atomic E-state index is 0.300. The van der Waals surface area contributed by atoms with Gasteiger partial charge in [-0.3, -0.25) is 4.98 Å². The van der Waals surface area contributed by atoms with Crippen molar-refractivity contribution in [3.63, 3.8) is 0 Å². The standard InChI is InChI=1S/C25H25N7O2/c1-15-9-17(4-6-21(15)34-19-5-3-16(2)27-11-19)30-24-23-20(28-14-29-24)10-22-25(31-23)32-8-7-26-18(12-32)13-33-22/h3-6,9-11,14,18,26H,7-8,12-13H2,1-2H3,(H,28,29,30). The highest BCUT2D eigenvalue weighted by atomic mass is 16.5. The van der Waals surface area contributed by atoms with Crippen LogP contribution in [0.3, 0.4) is 0 Å². The summed E-state index contributed by atoms with van der Waals surface area (Å²) in [5.41, 5.74) is 4.29. The smallest absolute Gasteiger partial charge is 0.172 e. The number of benzene rings is 1. The van der Waals surface area contributed by atoms with Gasteiger partial charge in [0.15, 0.2) is 17.4 Å². The van der Waals surface area contributed by atoms with Crippen LogP contribution in [-0.2, 0) is 0 Å². The van der Waals surface area contributed by atoms with Crippen LogP contribution in [0.4, 0.5) is 17.3 Å². The molecule has 34 heavy (non-hydrogen) atoms. The van der Waals surface area contributed by atoms with E-state index in [1.54, 1.807) is 12.5 Å². The first-order valence-corrected chi connectivity index (χ1v) is 11.4. The fourth-order valence-electron chi connectivity index (χ4n) is 4.32. The van der Waals surface area contributed by atoms with Crippen LogP contribution in [-0.4, -0.2) is 52.2 Å². The Morgan fingerprint density at radius 3 is 2.91 bits per heavy atom. The second-order valence-electron chi connectivity index (χ2n) is 8.65. The molecule has 1 fully saturated rings. The van der Waals surface area contributed by atoms with Crippen LogP contribution in [0.2, 0.25) is 0 Å². The van der Waals surface area contributed by atoms with Gasteiger partial charge in [-0.1, -0.05) is 0 Å². The highest BCUT2D eigenvalue weighted by molar-refractivity contribution is 5.90. The lowest BCUT2D eigenvalue weighted by Gasteiger charge is -2.31. The zero-order chi connectivity index (χ0) is 23.1. The predicted octanol–water partition coefficient (Wildman–Crippen LogP) is 3.74. The first-order valence-electron chi connectivity index (χ1n) is 11.4. The third-order valence-corrected chi connectivity index (χ3v) is 6.10. The first-order chi connectivity index (χ1) is 16.6. The molecule has 2 aliphatic rings. The molecule has 0 radical (unpaired) electrons. The summed E-state index contributed by atoms with van der Waals surface area (Å²) in [5.74, 6) is 3.75. The van der Waals surface area contributed by atoms with Gasteiger partial charge in [0.2, 0.25) is 0 Å². The summed E-state index contributed by atoms with van der Waals surface area (Å²) in [6.45, 7) is 7.26. The maximum absolute atomic E-state index is 6.05. The van der Waals surface area contributed by atoms with E-state index in [1.807, 2.05) is 50.2 Å². The molecule has 0 amide bonds. The quantitative estimate of drug-likeness (QED) is 0.477. The molecular formula is C25H25N7O2. The molecule has 0 saturated carbocycles. The van der Waals surface area contributed by atoms with Crippen LogP contribution in [0.5, 0.6) is 17.2 Å². The van der Waals surface area contributed by atoms with Crippen molar-refractivity contribution in [1.82, 2.24) is 25.3 Å². The van der Waals surface area contributed by atoms with Gasteiger partial charge >= 0.3 is 0 Å². The molecule has 1 unspecified atom stereocenters. The average Bonchev–Trinajstić information content (AvgIpc) is 2.96. The molecule has 9 heteroatoms. The van der Waals surface area contributed by atoms with Gasteiger partial charge in [-0.2, -0.15) is 0 Å². The number of pyridine rings is 2. The monoisotopic (exact) mass is 455 g/mol. The van der Waals surface area contributed by atoms with Crippen LogP contribution in [0, 0.1) is 13.8 Å². The molecule has 1 atom stereocenters. The maximum atomic E-state index is 6.05. The molecule has 5 heterocycles. The minimum atomic E-state index is 0.300. The first kappa shape index (κ1) is 20.6. The molecule has 2 N–H and O–H groups in total. The summed E-state index contributed by atoms with van der Waals surface area (Å²) in [7, 11) is 0. The molecule has 3 aromatic heterocycles. The highest BCUT2D eigenvalue weighted by Crippen LogP contribution is 2.35. The van der Waals surface area contributed by atoms with E-state index < -0.39 is 0 Å². The molecular weight excluding hydrogens is 430 g/mol. The largest absolute Gasteiger partial charge is 0.488 e. The van der Waals surface area contributed by atoms with Crippen molar-refractivity contribution < 1.29 is 9.47 Å². The highest BCUT2D eigenvalue weighted by Gasteiger charge is 2.28. The molecule has 2 bridgehead atoms. The molecule has 1 aromatic carbocycles. The lowest BCUT2D eigenvalue weighted by molar-refractivity contribution is 0.271. The number of nitrogens with one attached hydrogen (secondary N) is 2.